The monoisotopic (exact) mass is 269 g/mol. The van der Waals surface area contributed by atoms with Gasteiger partial charge in [-0.15, -0.1) is 0 Å². The fraction of sp³-hybridized carbons (Fsp3) is 0.188. The Hall–Kier alpha value is -2.33. The summed E-state index contributed by atoms with van der Waals surface area (Å²) >= 11 is 0. The molecule has 0 aliphatic carbocycles. The van der Waals surface area contributed by atoms with Crippen molar-refractivity contribution < 1.29 is 4.79 Å². The zero-order valence-electron chi connectivity index (χ0n) is 11.7. The number of aryl methyl sites for hydroxylation is 1. The summed E-state index contributed by atoms with van der Waals surface area (Å²) in [6, 6.07) is 15.2. The first-order chi connectivity index (χ1) is 9.61. The van der Waals surface area contributed by atoms with Crippen molar-refractivity contribution in [2.24, 2.45) is 5.84 Å². The van der Waals surface area contributed by atoms with Crippen molar-refractivity contribution >= 4 is 11.6 Å². The van der Waals surface area contributed by atoms with Gasteiger partial charge in [-0.3, -0.25) is 10.6 Å². The van der Waals surface area contributed by atoms with Gasteiger partial charge in [0, 0.05) is 0 Å². The fourth-order valence-corrected chi connectivity index (χ4v) is 2.02. The number of amides is 1. The van der Waals surface area contributed by atoms with Gasteiger partial charge in [0.1, 0.15) is 0 Å². The number of nitrogens with two attached hydrogens (primary N) is 1. The molecule has 0 heterocycles. The molecule has 2 aromatic carbocycles. The van der Waals surface area contributed by atoms with Crippen LogP contribution in [-0.4, -0.2) is 5.91 Å². The summed E-state index contributed by atoms with van der Waals surface area (Å²) in [5.74, 6) is 5.27. The minimum absolute atomic E-state index is 0.0612. The van der Waals surface area contributed by atoms with E-state index in [2.05, 4.69) is 10.7 Å². The van der Waals surface area contributed by atoms with Crippen LogP contribution in [0.5, 0.6) is 0 Å². The molecule has 2 aromatic rings. The number of hydrazine groups is 1. The number of benzene rings is 2. The Morgan fingerprint density at radius 1 is 1.10 bits per heavy atom. The van der Waals surface area contributed by atoms with E-state index in [0.717, 1.165) is 5.56 Å². The predicted octanol–water partition coefficient (Wildman–Crippen LogP) is 2.77. The highest BCUT2D eigenvalue weighted by Crippen LogP contribution is 2.17. The number of hydrogen-bond acceptors (Lipinski definition) is 3. The van der Waals surface area contributed by atoms with Gasteiger partial charge in [0.2, 0.25) is 0 Å². The van der Waals surface area contributed by atoms with Crippen molar-refractivity contribution in [3.8, 4) is 0 Å². The van der Waals surface area contributed by atoms with Crippen LogP contribution in [0, 0.1) is 6.92 Å². The normalized spacial score (nSPS) is 11.8. The fourth-order valence-electron chi connectivity index (χ4n) is 2.02. The first-order valence-electron chi connectivity index (χ1n) is 6.55. The average molecular weight is 269 g/mol. The van der Waals surface area contributed by atoms with E-state index in [1.807, 2.05) is 50.2 Å². The molecule has 0 bridgehead atoms. The van der Waals surface area contributed by atoms with E-state index in [1.165, 1.54) is 5.56 Å². The second kappa shape index (κ2) is 6.21. The Labute approximate surface area is 119 Å². The average Bonchev–Trinajstić information content (AvgIpc) is 2.47. The van der Waals surface area contributed by atoms with Crippen LogP contribution in [0.15, 0.2) is 48.5 Å². The predicted molar refractivity (Wildman–Crippen MR) is 81.3 cm³/mol. The minimum atomic E-state index is -0.147. The van der Waals surface area contributed by atoms with Crippen molar-refractivity contribution in [3.63, 3.8) is 0 Å². The highest BCUT2D eigenvalue weighted by atomic mass is 16.1. The standard InChI is InChI=1S/C16H19N3O/c1-11-7-9-13(10-8-11)12(2)18-16(20)14-5-3-4-6-15(14)19-17/h3-10,12,19H,17H2,1-2H3,(H,18,20). The number of nitrogen functional groups attached to an aromatic ring is 1. The number of hydrogen-bond donors (Lipinski definition) is 3. The van der Waals surface area contributed by atoms with Crippen LogP contribution in [0.2, 0.25) is 0 Å². The van der Waals surface area contributed by atoms with E-state index < -0.39 is 0 Å². The quantitative estimate of drug-likeness (QED) is 0.590. The topological polar surface area (TPSA) is 67.2 Å². The number of anilines is 1. The lowest BCUT2D eigenvalue weighted by molar-refractivity contribution is 0.0940. The van der Waals surface area contributed by atoms with E-state index in [9.17, 15) is 4.79 Å². The molecule has 1 atom stereocenters. The number of rotatable bonds is 4. The van der Waals surface area contributed by atoms with Crippen LogP contribution in [0.4, 0.5) is 5.69 Å². The lowest BCUT2D eigenvalue weighted by Crippen LogP contribution is -2.28. The highest BCUT2D eigenvalue weighted by Gasteiger charge is 2.13. The maximum absolute atomic E-state index is 12.3. The molecule has 1 amide bonds. The van der Waals surface area contributed by atoms with Gasteiger partial charge in [0.15, 0.2) is 0 Å². The first kappa shape index (κ1) is 14.1. The second-order valence-corrected chi connectivity index (χ2v) is 4.80. The van der Waals surface area contributed by atoms with E-state index in [0.29, 0.717) is 11.3 Å². The summed E-state index contributed by atoms with van der Waals surface area (Å²) in [6.07, 6.45) is 0. The van der Waals surface area contributed by atoms with Crippen LogP contribution in [-0.2, 0) is 0 Å². The molecule has 1 unspecified atom stereocenters. The molecule has 2 rings (SSSR count). The molecule has 0 fully saturated rings. The third-order valence-electron chi connectivity index (χ3n) is 3.25. The van der Waals surface area contributed by atoms with E-state index in [1.54, 1.807) is 12.1 Å². The van der Waals surface area contributed by atoms with Crippen molar-refractivity contribution in [1.29, 1.82) is 0 Å². The number of para-hydroxylation sites is 1. The zero-order valence-corrected chi connectivity index (χ0v) is 11.7. The number of carbonyl (C=O) groups excluding carboxylic acids is 1. The third-order valence-corrected chi connectivity index (χ3v) is 3.25. The number of nitrogens with one attached hydrogen (secondary N) is 2. The molecular formula is C16H19N3O. The summed E-state index contributed by atoms with van der Waals surface area (Å²) < 4.78 is 0. The molecule has 0 radical (unpaired) electrons. The largest absolute Gasteiger partial charge is 0.345 e. The van der Waals surface area contributed by atoms with Crippen LogP contribution in [0.3, 0.4) is 0 Å². The van der Waals surface area contributed by atoms with Gasteiger partial charge in [-0.25, -0.2) is 0 Å². The number of carbonyl (C=O) groups is 1. The molecule has 4 N–H and O–H groups in total. The molecule has 104 valence electrons. The van der Waals surface area contributed by atoms with Gasteiger partial charge in [0.25, 0.3) is 5.91 Å². The Morgan fingerprint density at radius 3 is 2.40 bits per heavy atom. The van der Waals surface area contributed by atoms with Crippen molar-refractivity contribution in [3.05, 3.63) is 65.2 Å². The molecule has 4 nitrogen and oxygen atoms in total. The maximum Gasteiger partial charge on any atom is 0.253 e. The van der Waals surface area contributed by atoms with Crippen LogP contribution < -0.4 is 16.6 Å². The van der Waals surface area contributed by atoms with Gasteiger partial charge >= 0.3 is 0 Å². The van der Waals surface area contributed by atoms with Crippen LogP contribution >= 0.6 is 0 Å². The summed E-state index contributed by atoms with van der Waals surface area (Å²) in [4.78, 5) is 12.3. The summed E-state index contributed by atoms with van der Waals surface area (Å²) in [6.45, 7) is 4.00. The van der Waals surface area contributed by atoms with Crippen molar-refractivity contribution in [1.82, 2.24) is 5.32 Å². The molecule has 0 aliphatic heterocycles. The second-order valence-electron chi connectivity index (χ2n) is 4.80. The summed E-state index contributed by atoms with van der Waals surface area (Å²) in [5.41, 5.74) is 5.95. The van der Waals surface area contributed by atoms with E-state index >= 15 is 0 Å². The third kappa shape index (κ3) is 3.16. The van der Waals surface area contributed by atoms with E-state index in [-0.39, 0.29) is 11.9 Å². The maximum atomic E-state index is 12.3. The molecule has 20 heavy (non-hydrogen) atoms. The Balaban J connectivity index is 2.13. The molecule has 0 aliphatic rings. The van der Waals surface area contributed by atoms with Crippen molar-refractivity contribution in [2.45, 2.75) is 19.9 Å². The zero-order chi connectivity index (χ0) is 14.5. The first-order valence-corrected chi connectivity index (χ1v) is 6.55. The molecular weight excluding hydrogens is 250 g/mol. The SMILES string of the molecule is Cc1ccc(C(C)NC(=O)c2ccccc2NN)cc1. The van der Waals surface area contributed by atoms with Crippen molar-refractivity contribution in [2.75, 3.05) is 5.43 Å². The Bertz CT molecular complexity index is 593. The molecule has 0 aromatic heterocycles. The highest BCUT2D eigenvalue weighted by molar-refractivity contribution is 5.99. The Kier molecular flexibility index (Phi) is 4.38. The van der Waals surface area contributed by atoms with Crippen LogP contribution in [0.1, 0.15) is 34.5 Å². The van der Waals surface area contributed by atoms with Gasteiger partial charge < -0.3 is 10.7 Å². The van der Waals surface area contributed by atoms with Gasteiger partial charge in [-0.1, -0.05) is 42.0 Å². The van der Waals surface area contributed by atoms with Crippen LogP contribution in [0.25, 0.3) is 0 Å². The molecule has 0 spiro atoms. The molecule has 0 saturated heterocycles. The Morgan fingerprint density at radius 2 is 1.75 bits per heavy atom. The summed E-state index contributed by atoms with van der Waals surface area (Å²) in [7, 11) is 0. The van der Waals surface area contributed by atoms with Gasteiger partial charge in [-0.2, -0.15) is 0 Å². The van der Waals surface area contributed by atoms with E-state index in [4.69, 9.17) is 5.84 Å². The minimum Gasteiger partial charge on any atom is -0.345 e. The van der Waals surface area contributed by atoms with Gasteiger partial charge in [-0.05, 0) is 31.5 Å². The molecule has 4 heteroatoms. The smallest absolute Gasteiger partial charge is 0.253 e. The van der Waals surface area contributed by atoms with Gasteiger partial charge in [0.05, 0.1) is 17.3 Å². The molecule has 0 saturated carbocycles. The summed E-state index contributed by atoms with van der Waals surface area (Å²) in [5, 5.41) is 2.97. The lowest BCUT2D eigenvalue weighted by Gasteiger charge is -2.16. The lowest BCUT2D eigenvalue weighted by atomic mass is 10.1.